The molecule has 0 saturated heterocycles. The zero-order valence-electron chi connectivity index (χ0n) is 9.58. The minimum Gasteiger partial charge on any atom is -0.358 e. The smallest absolute Gasteiger partial charge is 0.350 e. The summed E-state index contributed by atoms with van der Waals surface area (Å²) in [5.41, 5.74) is 1.77. The van der Waals surface area contributed by atoms with Gasteiger partial charge in [-0.15, -0.1) is 0 Å². The number of nitrogens with one attached hydrogen (secondary N) is 2. The highest BCUT2D eigenvalue weighted by atomic mass is 16.1. The molecule has 0 amide bonds. The fraction of sp³-hybridized carbons (Fsp3) is 0.0909. The van der Waals surface area contributed by atoms with E-state index in [9.17, 15) is 4.79 Å². The van der Waals surface area contributed by atoms with Crippen LogP contribution in [0.4, 0.5) is 5.95 Å². The van der Waals surface area contributed by atoms with Crippen molar-refractivity contribution in [2.45, 2.75) is 0 Å². The van der Waals surface area contributed by atoms with E-state index in [1.165, 1.54) is 4.40 Å². The number of hydrogen-bond acceptors (Lipinski definition) is 5. The molecule has 3 heterocycles. The molecule has 0 radical (unpaired) electrons. The molecule has 90 valence electrons. The van der Waals surface area contributed by atoms with Crippen molar-refractivity contribution in [1.82, 2.24) is 24.6 Å². The van der Waals surface area contributed by atoms with Crippen molar-refractivity contribution in [3.8, 4) is 11.3 Å². The van der Waals surface area contributed by atoms with E-state index < -0.39 is 0 Å². The topological polar surface area (TPSA) is 88.0 Å². The summed E-state index contributed by atoms with van der Waals surface area (Å²) in [4.78, 5) is 20.0. The van der Waals surface area contributed by atoms with Gasteiger partial charge in [0.2, 0.25) is 5.95 Å². The van der Waals surface area contributed by atoms with E-state index in [-0.39, 0.29) is 5.69 Å². The Morgan fingerprint density at radius 3 is 3.06 bits per heavy atom. The van der Waals surface area contributed by atoms with E-state index in [1.54, 1.807) is 25.5 Å². The van der Waals surface area contributed by atoms with Crippen molar-refractivity contribution in [1.29, 1.82) is 0 Å². The van der Waals surface area contributed by atoms with E-state index in [4.69, 9.17) is 0 Å². The van der Waals surface area contributed by atoms with Gasteiger partial charge >= 0.3 is 5.69 Å². The molecule has 7 heteroatoms. The van der Waals surface area contributed by atoms with Crippen molar-refractivity contribution < 1.29 is 0 Å². The second-order valence-electron chi connectivity index (χ2n) is 3.68. The lowest BCUT2D eigenvalue weighted by atomic mass is 10.2. The zero-order valence-corrected chi connectivity index (χ0v) is 9.58. The lowest BCUT2D eigenvalue weighted by Gasteiger charge is -2.05. The van der Waals surface area contributed by atoms with Crippen LogP contribution < -0.4 is 11.0 Å². The predicted octanol–water partition coefficient (Wildman–Crippen LogP) is 0.521. The number of pyridine rings is 1. The molecule has 0 fully saturated rings. The molecule has 0 aliphatic heterocycles. The van der Waals surface area contributed by atoms with Crippen LogP contribution in [-0.2, 0) is 0 Å². The monoisotopic (exact) mass is 242 g/mol. The highest BCUT2D eigenvalue weighted by Gasteiger charge is 2.10. The van der Waals surface area contributed by atoms with Crippen LogP contribution in [0, 0.1) is 0 Å². The average molecular weight is 242 g/mol. The Kier molecular flexibility index (Phi) is 2.30. The van der Waals surface area contributed by atoms with Gasteiger partial charge < -0.3 is 5.32 Å². The Labute approximate surface area is 102 Å². The molecule has 3 aromatic heterocycles. The molecular formula is C11H10N6O. The third kappa shape index (κ3) is 1.53. The van der Waals surface area contributed by atoms with Gasteiger partial charge in [-0.1, -0.05) is 0 Å². The van der Waals surface area contributed by atoms with Crippen LogP contribution in [-0.4, -0.2) is 31.6 Å². The quantitative estimate of drug-likeness (QED) is 0.684. The van der Waals surface area contributed by atoms with Gasteiger partial charge in [-0.25, -0.2) is 19.3 Å². The summed E-state index contributed by atoms with van der Waals surface area (Å²) >= 11 is 0. The van der Waals surface area contributed by atoms with Gasteiger partial charge in [0.15, 0.2) is 5.65 Å². The molecule has 0 aromatic carbocycles. The molecule has 0 unspecified atom stereocenters. The third-order valence-corrected chi connectivity index (χ3v) is 2.58. The number of rotatable bonds is 2. The van der Waals surface area contributed by atoms with E-state index in [0.717, 1.165) is 5.56 Å². The van der Waals surface area contributed by atoms with Crippen LogP contribution in [0.15, 0.2) is 35.4 Å². The van der Waals surface area contributed by atoms with E-state index in [0.29, 0.717) is 17.3 Å². The second-order valence-corrected chi connectivity index (χ2v) is 3.68. The zero-order chi connectivity index (χ0) is 12.5. The van der Waals surface area contributed by atoms with Crippen LogP contribution in [0.3, 0.4) is 0 Å². The van der Waals surface area contributed by atoms with Crippen molar-refractivity contribution in [3.63, 3.8) is 0 Å². The summed E-state index contributed by atoms with van der Waals surface area (Å²) < 4.78 is 1.37. The van der Waals surface area contributed by atoms with Crippen molar-refractivity contribution >= 4 is 11.6 Å². The summed E-state index contributed by atoms with van der Waals surface area (Å²) in [6.07, 6.45) is 3.41. The minimum absolute atomic E-state index is 0.320. The molecule has 0 saturated carbocycles. The van der Waals surface area contributed by atoms with Gasteiger partial charge in [0.25, 0.3) is 0 Å². The number of aromatic nitrogens is 5. The Morgan fingerprint density at radius 2 is 2.33 bits per heavy atom. The van der Waals surface area contributed by atoms with Crippen LogP contribution in [0.5, 0.6) is 0 Å². The number of H-pyrrole nitrogens is 1. The molecule has 3 rings (SSSR count). The lowest BCUT2D eigenvalue weighted by Crippen LogP contribution is -2.14. The molecule has 2 N–H and O–H groups in total. The Hall–Kier alpha value is -2.70. The normalized spacial score (nSPS) is 10.7. The SMILES string of the molecule is CNc1nc(-c2cccnc2)cc2n[nH]c(=O)n12. The van der Waals surface area contributed by atoms with Gasteiger partial charge in [-0.2, -0.15) is 5.10 Å². The first-order valence-electron chi connectivity index (χ1n) is 5.36. The van der Waals surface area contributed by atoms with E-state index >= 15 is 0 Å². The van der Waals surface area contributed by atoms with Crippen molar-refractivity contribution in [3.05, 3.63) is 41.1 Å². The lowest BCUT2D eigenvalue weighted by molar-refractivity contribution is 0.999. The fourth-order valence-corrected chi connectivity index (χ4v) is 1.76. The summed E-state index contributed by atoms with van der Waals surface area (Å²) in [5.74, 6) is 0.435. The second kappa shape index (κ2) is 3.95. The van der Waals surface area contributed by atoms with Gasteiger partial charge in [-0.05, 0) is 12.1 Å². The minimum atomic E-state index is -0.320. The van der Waals surface area contributed by atoms with Gasteiger partial charge in [-0.3, -0.25) is 4.98 Å². The summed E-state index contributed by atoms with van der Waals surface area (Å²) in [6, 6.07) is 5.46. The number of fused-ring (bicyclic) bond motifs is 1. The molecule has 0 spiro atoms. The first-order valence-corrected chi connectivity index (χ1v) is 5.36. The van der Waals surface area contributed by atoms with E-state index in [1.807, 2.05) is 12.1 Å². The fourth-order valence-electron chi connectivity index (χ4n) is 1.76. The molecule has 7 nitrogen and oxygen atoms in total. The first kappa shape index (κ1) is 10.5. The number of anilines is 1. The molecule has 0 atom stereocenters. The third-order valence-electron chi connectivity index (χ3n) is 2.58. The van der Waals surface area contributed by atoms with Gasteiger partial charge in [0.1, 0.15) is 0 Å². The van der Waals surface area contributed by atoms with Crippen LogP contribution in [0.2, 0.25) is 0 Å². The Morgan fingerprint density at radius 1 is 1.44 bits per heavy atom. The predicted molar refractivity (Wildman–Crippen MR) is 66.4 cm³/mol. The average Bonchev–Trinajstić information content (AvgIpc) is 2.81. The highest BCUT2D eigenvalue weighted by Crippen LogP contribution is 2.18. The maximum Gasteiger partial charge on any atom is 0.350 e. The van der Waals surface area contributed by atoms with Crippen molar-refractivity contribution in [2.24, 2.45) is 0 Å². The van der Waals surface area contributed by atoms with Crippen LogP contribution >= 0.6 is 0 Å². The molecule has 18 heavy (non-hydrogen) atoms. The highest BCUT2D eigenvalue weighted by molar-refractivity contribution is 5.64. The number of aromatic amines is 1. The molecule has 0 bridgehead atoms. The number of nitrogens with zero attached hydrogens (tertiary/aromatic N) is 4. The maximum absolute atomic E-state index is 11.6. The maximum atomic E-state index is 11.6. The summed E-state index contributed by atoms with van der Waals surface area (Å²) in [5, 5.41) is 9.21. The van der Waals surface area contributed by atoms with E-state index in [2.05, 4.69) is 25.5 Å². The summed E-state index contributed by atoms with van der Waals surface area (Å²) in [7, 11) is 1.70. The summed E-state index contributed by atoms with van der Waals surface area (Å²) in [6.45, 7) is 0. The Balaban J connectivity index is 2.30. The van der Waals surface area contributed by atoms with Crippen LogP contribution in [0.25, 0.3) is 16.9 Å². The standard InChI is InChI=1S/C11H10N6O/c1-12-10-14-8(7-3-2-4-13-6-7)5-9-15-16-11(18)17(9)10/h2-6H,1H3,(H,12,14)(H,16,18). The van der Waals surface area contributed by atoms with Gasteiger partial charge in [0, 0.05) is 31.1 Å². The van der Waals surface area contributed by atoms with Gasteiger partial charge in [0.05, 0.1) is 5.69 Å². The van der Waals surface area contributed by atoms with Crippen molar-refractivity contribution in [2.75, 3.05) is 12.4 Å². The van der Waals surface area contributed by atoms with Crippen LogP contribution in [0.1, 0.15) is 0 Å². The number of hydrogen-bond donors (Lipinski definition) is 2. The molecule has 0 aliphatic rings. The molecule has 0 aliphatic carbocycles. The Bertz CT molecular complexity index is 745. The first-order chi connectivity index (χ1) is 8.79. The molecular weight excluding hydrogens is 232 g/mol. The largest absolute Gasteiger partial charge is 0.358 e. The molecule has 3 aromatic rings.